The lowest BCUT2D eigenvalue weighted by Crippen LogP contribution is -2.41. The van der Waals surface area contributed by atoms with Gasteiger partial charge in [0.15, 0.2) is 5.69 Å². The van der Waals surface area contributed by atoms with Gasteiger partial charge in [-0.1, -0.05) is 31.5 Å². The smallest absolute Gasteiger partial charge is 0.330 e. The molecule has 1 aliphatic rings. The molecular formula is C20H25FN4O3. The van der Waals surface area contributed by atoms with E-state index in [0.717, 1.165) is 6.42 Å². The second-order valence-electron chi connectivity index (χ2n) is 7.05. The van der Waals surface area contributed by atoms with Crippen LogP contribution in [0.25, 0.3) is 0 Å². The van der Waals surface area contributed by atoms with Gasteiger partial charge in [0.1, 0.15) is 11.6 Å². The summed E-state index contributed by atoms with van der Waals surface area (Å²) >= 11 is 0. The molecule has 7 nitrogen and oxygen atoms in total. The summed E-state index contributed by atoms with van der Waals surface area (Å²) in [6.07, 6.45) is 2.08. The van der Waals surface area contributed by atoms with Crippen molar-refractivity contribution >= 4 is 17.4 Å². The summed E-state index contributed by atoms with van der Waals surface area (Å²) in [5.41, 5.74) is 5.34. The van der Waals surface area contributed by atoms with Crippen molar-refractivity contribution in [2.24, 2.45) is 5.92 Å². The number of H-pyrrole nitrogens is 1. The van der Waals surface area contributed by atoms with E-state index in [4.69, 9.17) is 5.73 Å². The van der Waals surface area contributed by atoms with Crippen molar-refractivity contribution in [1.82, 2.24) is 9.55 Å². The number of nitrogens with one attached hydrogen (secondary N) is 1. The lowest BCUT2D eigenvalue weighted by molar-refractivity contribution is -0.119. The number of nitrogen functional groups attached to an aromatic ring is 1. The first kappa shape index (κ1) is 19.9. The van der Waals surface area contributed by atoms with Gasteiger partial charge in [0, 0.05) is 19.0 Å². The number of hydrogen-bond acceptors (Lipinski definition) is 4. The van der Waals surface area contributed by atoms with E-state index in [1.165, 1.54) is 15.5 Å². The van der Waals surface area contributed by atoms with Gasteiger partial charge in [0.2, 0.25) is 5.91 Å². The highest BCUT2D eigenvalue weighted by Gasteiger charge is 2.47. The Bertz CT molecular complexity index is 998. The second kappa shape index (κ2) is 8.00. The zero-order valence-electron chi connectivity index (χ0n) is 16.1. The van der Waals surface area contributed by atoms with E-state index < -0.39 is 17.2 Å². The van der Waals surface area contributed by atoms with Gasteiger partial charge in [-0.05, 0) is 37.3 Å². The Morgan fingerprint density at radius 2 is 2.04 bits per heavy atom. The van der Waals surface area contributed by atoms with Gasteiger partial charge in [0.05, 0.1) is 0 Å². The molecule has 1 heterocycles. The minimum Gasteiger partial charge on any atom is -0.383 e. The summed E-state index contributed by atoms with van der Waals surface area (Å²) < 4.78 is 15.3. The van der Waals surface area contributed by atoms with Crippen LogP contribution >= 0.6 is 0 Å². The summed E-state index contributed by atoms with van der Waals surface area (Å²) in [6.45, 7) is 4.29. The minimum absolute atomic E-state index is 0.0117. The molecule has 0 saturated heterocycles. The molecule has 1 aromatic carbocycles. The highest BCUT2D eigenvalue weighted by molar-refractivity contribution is 5.99. The van der Waals surface area contributed by atoms with Crippen LogP contribution in [0.5, 0.6) is 0 Å². The van der Waals surface area contributed by atoms with Gasteiger partial charge in [-0.3, -0.25) is 19.1 Å². The number of carbonyl (C=O) groups excluding carboxylic acids is 1. The molecule has 2 unspecified atom stereocenters. The third-order valence-corrected chi connectivity index (χ3v) is 5.21. The number of hydrogen-bond donors (Lipinski definition) is 2. The van der Waals surface area contributed by atoms with Gasteiger partial charge < -0.3 is 10.6 Å². The Hall–Kier alpha value is -2.90. The van der Waals surface area contributed by atoms with E-state index in [9.17, 15) is 18.8 Å². The molecule has 1 amide bonds. The van der Waals surface area contributed by atoms with Crippen LogP contribution in [-0.2, 0) is 11.3 Å². The average Bonchev–Trinajstić information content (AvgIpc) is 3.45. The number of rotatable bonds is 7. The molecule has 3 rings (SSSR count). The maximum atomic E-state index is 14.0. The molecular weight excluding hydrogens is 363 g/mol. The lowest BCUT2D eigenvalue weighted by Gasteiger charge is -2.23. The Morgan fingerprint density at radius 1 is 1.32 bits per heavy atom. The fourth-order valence-electron chi connectivity index (χ4n) is 3.59. The van der Waals surface area contributed by atoms with Crippen molar-refractivity contribution in [1.29, 1.82) is 0 Å². The number of anilines is 2. The van der Waals surface area contributed by atoms with Gasteiger partial charge >= 0.3 is 5.69 Å². The molecule has 0 radical (unpaired) electrons. The van der Waals surface area contributed by atoms with E-state index in [0.29, 0.717) is 24.9 Å². The quantitative estimate of drug-likeness (QED) is 0.759. The van der Waals surface area contributed by atoms with E-state index in [1.54, 1.807) is 25.1 Å². The van der Waals surface area contributed by atoms with Crippen LogP contribution in [-0.4, -0.2) is 22.0 Å². The van der Waals surface area contributed by atoms with Gasteiger partial charge in [-0.15, -0.1) is 0 Å². The minimum atomic E-state index is -0.687. The number of halogens is 1. The van der Waals surface area contributed by atoms with Crippen molar-refractivity contribution < 1.29 is 9.18 Å². The first-order valence-corrected chi connectivity index (χ1v) is 9.59. The fraction of sp³-hybridized carbons (Fsp3) is 0.450. The first-order valence-electron chi connectivity index (χ1n) is 9.59. The zero-order valence-corrected chi connectivity index (χ0v) is 16.1. The lowest BCUT2D eigenvalue weighted by atomic mass is 10.1. The molecule has 28 heavy (non-hydrogen) atoms. The highest BCUT2D eigenvalue weighted by atomic mass is 19.1. The Kier molecular flexibility index (Phi) is 5.67. The topological polar surface area (TPSA) is 101 Å². The van der Waals surface area contributed by atoms with Crippen molar-refractivity contribution in [2.45, 2.75) is 45.6 Å². The van der Waals surface area contributed by atoms with Crippen LogP contribution < -0.4 is 21.9 Å². The monoisotopic (exact) mass is 388 g/mol. The number of carbonyl (C=O) groups is 1. The fourth-order valence-corrected chi connectivity index (χ4v) is 3.59. The molecule has 1 saturated carbocycles. The highest BCUT2D eigenvalue weighted by Crippen LogP contribution is 2.49. The summed E-state index contributed by atoms with van der Waals surface area (Å²) in [5.74, 6) is -1.26. The first-order chi connectivity index (χ1) is 13.4. The van der Waals surface area contributed by atoms with Gasteiger partial charge in [-0.25, -0.2) is 9.18 Å². The predicted molar refractivity (Wildman–Crippen MR) is 106 cm³/mol. The molecule has 1 aliphatic carbocycles. The molecule has 1 fully saturated rings. The average molecular weight is 388 g/mol. The van der Waals surface area contributed by atoms with Crippen molar-refractivity contribution in [3.63, 3.8) is 0 Å². The van der Waals surface area contributed by atoms with Crippen molar-refractivity contribution in [3.05, 3.63) is 56.5 Å². The van der Waals surface area contributed by atoms with Gasteiger partial charge in [-0.2, -0.15) is 0 Å². The maximum Gasteiger partial charge on any atom is 0.330 e. The molecule has 0 spiro atoms. The van der Waals surface area contributed by atoms with E-state index in [1.807, 2.05) is 6.92 Å². The number of unbranched alkanes of at least 4 members (excludes halogenated alkanes) is 1. The van der Waals surface area contributed by atoms with Crippen molar-refractivity contribution in [2.75, 3.05) is 17.2 Å². The number of nitrogens with two attached hydrogens (primary N) is 1. The molecule has 1 aromatic heterocycles. The molecule has 0 bridgehead atoms. The van der Waals surface area contributed by atoms with Crippen LogP contribution in [0.3, 0.4) is 0 Å². The van der Waals surface area contributed by atoms with Crippen LogP contribution in [0.1, 0.15) is 44.6 Å². The van der Waals surface area contributed by atoms with E-state index in [2.05, 4.69) is 4.98 Å². The number of amides is 1. The Balaban J connectivity index is 1.92. The Morgan fingerprint density at radius 3 is 2.68 bits per heavy atom. The van der Waals surface area contributed by atoms with Crippen molar-refractivity contribution in [3.8, 4) is 0 Å². The van der Waals surface area contributed by atoms with Gasteiger partial charge in [0.25, 0.3) is 5.56 Å². The van der Waals surface area contributed by atoms with E-state index >= 15 is 0 Å². The summed E-state index contributed by atoms with van der Waals surface area (Å²) in [6, 6.07) is 6.40. The standard InChI is InChI=1S/C20H25FN4O3/c1-3-5-10-25-17(22)16(18(26)23-20(25)28)24(4-2)19(27)14-11-13(14)12-8-6-7-9-15(12)21/h6-9,13-14H,3-5,10-11,22H2,1-2H3,(H,23,26,28). The number of benzene rings is 1. The second-order valence-corrected chi connectivity index (χ2v) is 7.05. The molecule has 2 atom stereocenters. The maximum absolute atomic E-state index is 14.0. The molecule has 8 heteroatoms. The normalized spacial score (nSPS) is 18.1. The number of nitrogens with zero attached hydrogens (tertiary/aromatic N) is 2. The van der Waals surface area contributed by atoms with Crippen LogP contribution in [0.4, 0.5) is 15.9 Å². The van der Waals surface area contributed by atoms with E-state index in [-0.39, 0.29) is 35.7 Å². The van der Waals surface area contributed by atoms with Crippen LogP contribution in [0, 0.1) is 11.7 Å². The molecule has 3 N–H and O–H groups in total. The summed E-state index contributed by atoms with van der Waals surface area (Å²) in [7, 11) is 0. The van der Waals surface area contributed by atoms with Crippen LogP contribution in [0.2, 0.25) is 0 Å². The predicted octanol–water partition coefficient (Wildman–Crippen LogP) is 2.21. The Labute approximate surface area is 162 Å². The molecule has 150 valence electrons. The number of aromatic amines is 1. The third kappa shape index (κ3) is 3.58. The summed E-state index contributed by atoms with van der Waals surface area (Å²) in [5, 5.41) is 0. The summed E-state index contributed by atoms with van der Waals surface area (Å²) in [4.78, 5) is 41.2. The zero-order chi connectivity index (χ0) is 20.4. The largest absolute Gasteiger partial charge is 0.383 e. The van der Waals surface area contributed by atoms with Crippen LogP contribution in [0.15, 0.2) is 33.9 Å². The molecule has 2 aromatic rings. The SMILES string of the molecule is CCCCn1c(N)c(N(CC)C(=O)C2CC2c2ccccc2F)c(=O)[nH]c1=O. The third-order valence-electron chi connectivity index (χ3n) is 5.21. The molecule has 0 aliphatic heterocycles. The number of aromatic nitrogens is 2.